The molecule has 1 aromatic carbocycles. The Labute approximate surface area is 272 Å². The predicted octanol–water partition coefficient (Wildman–Crippen LogP) is 4.01. The lowest BCUT2D eigenvalue weighted by molar-refractivity contribution is -0.0270. The van der Waals surface area contributed by atoms with Gasteiger partial charge in [0.05, 0.1) is 66.7 Å². The number of benzene rings is 1. The molecule has 2 aliphatic rings. The van der Waals surface area contributed by atoms with E-state index in [4.69, 9.17) is 39.1 Å². The largest absolute Gasteiger partial charge is 0.494 e. The summed E-state index contributed by atoms with van der Waals surface area (Å²) in [6, 6.07) is 5.29. The number of aromatic nitrogens is 3. The van der Waals surface area contributed by atoms with Crippen molar-refractivity contribution in [1.29, 1.82) is 0 Å². The zero-order valence-corrected chi connectivity index (χ0v) is 27.5. The van der Waals surface area contributed by atoms with Gasteiger partial charge < -0.3 is 44.4 Å². The van der Waals surface area contributed by atoms with Crippen molar-refractivity contribution in [3.8, 4) is 5.75 Å². The van der Waals surface area contributed by atoms with Gasteiger partial charge in [-0.2, -0.15) is 15.0 Å². The quantitative estimate of drug-likeness (QED) is 0.149. The second-order valence-corrected chi connectivity index (χ2v) is 11.6. The molecular weight excluding hydrogens is 597 g/mol. The molecule has 258 valence electrons. The fraction of sp³-hybridized carbons (Fsp3) is 0.719. The number of halogens is 1. The summed E-state index contributed by atoms with van der Waals surface area (Å²) in [5.41, 5.74) is 6.81. The lowest BCUT2D eigenvalue weighted by Crippen LogP contribution is -2.40. The topological polar surface area (TPSA) is 139 Å². The van der Waals surface area contributed by atoms with Crippen molar-refractivity contribution in [2.45, 2.75) is 63.5 Å². The molecular formula is C32H52FN7O6. The highest BCUT2D eigenvalue weighted by atomic mass is 19.1. The molecule has 1 unspecified atom stereocenters. The van der Waals surface area contributed by atoms with Crippen molar-refractivity contribution < 1.29 is 32.8 Å². The normalized spacial score (nSPS) is 17.7. The molecule has 1 aliphatic heterocycles. The zero-order valence-electron chi connectivity index (χ0n) is 27.5. The molecule has 4 rings (SSSR count). The molecule has 1 aromatic heterocycles. The average Bonchev–Trinajstić information content (AvgIpc) is 3.33. The first-order valence-electron chi connectivity index (χ1n) is 16.5. The summed E-state index contributed by atoms with van der Waals surface area (Å²) in [7, 11) is 3.10. The van der Waals surface area contributed by atoms with E-state index in [1.807, 2.05) is 11.0 Å². The van der Waals surface area contributed by atoms with Gasteiger partial charge in [0.25, 0.3) is 0 Å². The van der Waals surface area contributed by atoms with E-state index in [1.165, 1.54) is 38.9 Å². The highest BCUT2D eigenvalue weighted by Gasteiger charge is 2.29. The number of methoxy groups -OCH3 is 2. The van der Waals surface area contributed by atoms with Crippen LogP contribution in [0.3, 0.4) is 0 Å². The van der Waals surface area contributed by atoms with Crippen LogP contribution < -0.4 is 20.7 Å². The van der Waals surface area contributed by atoms with Crippen LogP contribution in [0.2, 0.25) is 0 Å². The Morgan fingerprint density at radius 3 is 2.17 bits per heavy atom. The number of hydrogen-bond acceptors (Lipinski definition) is 13. The van der Waals surface area contributed by atoms with Crippen LogP contribution in [0.4, 0.5) is 27.9 Å². The van der Waals surface area contributed by atoms with Gasteiger partial charge in [-0.1, -0.05) is 25.7 Å². The molecule has 3 N–H and O–H groups in total. The first kappa shape index (κ1) is 36.0. The van der Waals surface area contributed by atoms with Gasteiger partial charge in [0, 0.05) is 44.0 Å². The minimum absolute atomic E-state index is 0.118. The predicted molar refractivity (Wildman–Crippen MR) is 174 cm³/mol. The molecule has 1 aliphatic carbocycles. The Morgan fingerprint density at radius 2 is 1.52 bits per heavy atom. The van der Waals surface area contributed by atoms with Crippen LogP contribution in [0.15, 0.2) is 18.2 Å². The second kappa shape index (κ2) is 20.4. The third kappa shape index (κ3) is 12.0. The fourth-order valence-electron chi connectivity index (χ4n) is 5.76. The molecule has 0 spiro atoms. The monoisotopic (exact) mass is 649 g/mol. The molecule has 13 nitrogen and oxygen atoms in total. The first-order valence-corrected chi connectivity index (χ1v) is 16.5. The van der Waals surface area contributed by atoms with Crippen LogP contribution in [0.5, 0.6) is 5.75 Å². The third-order valence-corrected chi connectivity index (χ3v) is 8.22. The molecule has 1 atom stereocenters. The first-order chi connectivity index (χ1) is 22.6. The highest BCUT2D eigenvalue weighted by Crippen LogP contribution is 2.31. The van der Waals surface area contributed by atoms with E-state index in [9.17, 15) is 4.39 Å². The molecule has 2 heterocycles. The minimum Gasteiger partial charge on any atom is -0.494 e. The van der Waals surface area contributed by atoms with Crippen molar-refractivity contribution in [2.24, 2.45) is 0 Å². The Morgan fingerprint density at radius 1 is 0.848 bits per heavy atom. The van der Waals surface area contributed by atoms with Crippen molar-refractivity contribution in [3.63, 3.8) is 0 Å². The summed E-state index contributed by atoms with van der Waals surface area (Å²) in [4.78, 5) is 17.9. The molecule has 46 heavy (non-hydrogen) atoms. The number of nitrogens with one attached hydrogen (secondary N) is 1. The number of rotatable bonds is 21. The van der Waals surface area contributed by atoms with E-state index in [2.05, 4.69) is 20.2 Å². The molecule has 2 aromatic rings. The molecule has 0 bridgehead atoms. The number of likely N-dealkylation sites (tertiary alicyclic amines) is 1. The van der Waals surface area contributed by atoms with Gasteiger partial charge in [-0.15, -0.1) is 0 Å². The van der Waals surface area contributed by atoms with Gasteiger partial charge >= 0.3 is 0 Å². The van der Waals surface area contributed by atoms with Crippen molar-refractivity contribution in [1.82, 2.24) is 19.9 Å². The zero-order chi connectivity index (χ0) is 32.4. The fourth-order valence-corrected chi connectivity index (χ4v) is 5.76. The van der Waals surface area contributed by atoms with E-state index in [0.29, 0.717) is 83.7 Å². The lowest BCUT2D eigenvalue weighted by Gasteiger charge is -2.31. The van der Waals surface area contributed by atoms with Crippen LogP contribution in [0.25, 0.3) is 0 Å². The van der Waals surface area contributed by atoms with E-state index >= 15 is 0 Å². The van der Waals surface area contributed by atoms with E-state index < -0.39 is 5.82 Å². The summed E-state index contributed by atoms with van der Waals surface area (Å²) in [5.74, 6) is 0.647. The molecule has 0 radical (unpaired) electrons. The summed E-state index contributed by atoms with van der Waals surface area (Å²) < 4.78 is 47.5. The maximum Gasteiger partial charge on any atom is 0.236 e. The van der Waals surface area contributed by atoms with Gasteiger partial charge in [0.2, 0.25) is 17.8 Å². The van der Waals surface area contributed by atoms with E-state index in [0.717, 1.165) is 32.2 Å². The summed E-state index contributed by atoms with van der Waals surface area (Å²) in [5, 5.41) is 3.49. The average molecular weight is 650 g/mol. The van der Waals surface area contributed by atoms with E-state index in [-0.39, 0.29) is 23.8 Å². The van der Waals surface area contributed by atoms with Gasteiger partial charge in [-0.3, -0.25) is 4.90 Å². The Bertz CT molecular complexity index is 1140. The van der Waals surface area contributed by atoms with Crippen molar-refractivity contribution in [3.05, 3.63) is 24.0 Å². The number of hydrogen-bond donors (Lipinski definition) is 2. The number of ether oxygens (including phenoxy) is 6. The van der Waals surface area contributed by atoms with Crippen LogP contribution >= 0.6 is 0 Å². The Balaban J connectivity index is 1.32. The van der Waals surface area contributed by atoms with Crippen LogP contribution in [0.1, 0.15) is 51.4 Å². The summed E-state index contributed by atoms with van der Waals surface area (Å²) in [6.07, 6.45) is 8.95. The third-order valence-electron chi connectivity index (χ3n) is 8.22. The summed E-state index contributed by atoms with van der Waals surface area (Å²) in [6.45, 7) is 6.02. The van der Waals surface area contributed by atoms with Crippen molar-refractivity contribution >= 4 is 23.5 Å². The number of anilines is 4. The highest BCUT2D eigenvalue weighted by molar-refractivity contribution is 5.60. The number of nitrogens with zero attached hydrogens (tertiary/aromatic N) is 5. The standard InChI is InChI=1S/C32H52FN7O6/c1-41-14-15-43-16-17-44-18-19-45-20-21-46-24-39-13-7-10-27(39)23-40(26-11-12-29(42-2)28(33)22-26)32-37-30(34)36-31(38-32)35-25-8-5-3-4-6-9-25/h11-12,22,25,27H,3-10,13-21,23-24H2,1-2H3,(H3,34,35,36,37,38). The SMILES string of the molecule is COCCOCCOCCOCCOCN1CCCC1CN(c1ccc(OC)c(F)c1)c1nc(N)nc(NC2CCCCCC2)n1. The minimum atomic E-state index is -0.462. The Hall–Kier alpha value is -2.88. The maximum atomic E-state index is 14.9. The van der Waals surface area contributed by atoms with Gasteiger partial charge in [-0.05, 0) is 37.8 Å². The molecule has 14 heteroatoms. The van der Waals surface area contributed by atoms with Crippen LogP contribution in [0, 0.1) is 5.82 Å². The second-order valence-electron chi connectivity index (χ2n) is 11.6. The van der Waals surface area contributed by atoms with Gasteiger partial charge in [0.15, 0.2) is 11.6 Å². The molecule has 1 saturated heterocycles. The summed E-state index contributed by atoms with van der Waals surface area (Å²) >= 11 is 0. The van der Waals surface area contributed by atoms with Crippen molar-refractivity contribution in [2.75, 3.05) is 103 Å². The Kier molecular flexibility index (Phi) is 15.9. The number of nitrogen functional groups attached to an aromatic ring is 1. The molecule has 1 saturated carbocycles. The molecule has 2 fully saturated rings. The van der Waals surface area contributed by atoms with E-state index in [1.54, 1.807) is 13.2 Å². The lowest BCUT2D eigenvalue weighted by atomic mass is 10.1. The maximum absolute atomic E-state index is 14.9. The number of nitrogens with two attached hydrogens (primary N) is 1. The van der Waals surface area contributed by atoms with Gasteiger partial charge in [-0.25, -0.2) is 4.39 Å². The smallest absolute Gasteiger partial charge is 0.236 e. The van der Waals surface area contributed by atoms with Crippen LogP contribution in [-0.2, 0) is 23.7 Å². The van der Waals surface area contributed by atoms with Crippen LogP contribution in [-0.4, -0.2) is 119 Å². The van der Waals surface area contributed by atoms with Gasteiger partial charge in [0.1, 0.15) is 0 Å². The molecule has 0 amide bonds.